The number of ether oxygens (including phenoxy) is 1. The number of nitrogens with one attached hydrogen (secondary N) is 3. The first-order valence-electron chi connectivity index (χ1n) is 14.6. The second-order valence-corrected chi connectivity index (χ2v) is 12.6. The van der Waals surface area contributed by atoms with Crippen LogP contribution in [-0.2, 0) is 11.3 Å². The predicted molar refractivity (Wildman–Crippen MR) is 159 cm³/mol. The summed E-state index contributed by atoms with van der Waals surface area (Å²) < 4.78 is 43.7. The molecule has 0 spiro atoms. The van der Waals surface area contributed by atoms with E-state index in [0.29, 0.717) is 35.9 Å². The minimum Gasteiger partial charge on any atom is -0.348 e. The smallest absolute Gasteiger partial charge is 0.348 e. The number of H-pyrrole nitrogens is 1. The number of fused-ring (bicyclic) bond motifs is 1. The van der Waals surface area contributed by atoms with Crippen LogP contribution in [0.4, 0.5) is 13.2 Å². The number of benzene rings is 1. The second-order valence-electron chi connectivity index (χ2n) is 11.7. The Morgan fingerprint density at radius 2 is 1.83 bits per heavy atom. The molecule has 0 radical (unpaired) electrons. The van der Waals surface area contributed by atoms with Crippen molar-refractivity contribution < 1.29 is 22.7 Å². The molecular weight excluding hydrogens is 565 g/mol. The van der Waals surface area contributed by atoms with Gasteiger partial charge in [-0.05, 0) is 83.6 Å². The number of aryl methyl sites for hydroxylation is 1. The van der Waals surface area contributed by atoms with Crippen molar-refractivity contribution in [3.63, 3.8) is 0 Å². The molecule has 2 aromatic heterocycles. The van der Waals surface area contributed by atoms with Gasteiger partial charge in [0, 0.05) is 57.4 Å². The Hall–Kier alpha value is -2.76. The van der Waals surface area contributed by atoms with Gasteiger partial charge in [-0.3, -0.25) is 14.3 Å². The zero-order chi connectivity index (χ0) is 30.2. The molecule has 1 amide bonds. The number of alkyl halides is 3. The van der Waals surface area contributed by atoms with Crippen molar-refractivity contribution in [2.75, 3.05) is 6.26 Å². The fraction of sp³-hybridized carbons (Fsp3) is 0.548. The van der Waals surface area contributed by atoms with Gasteiger partial charge in [0.25, 0.3) is 11.5 Å². The lowest BCUT2D eigenvalue weighted by Gasteiger charge is -2.41. The molecule has 0 unspecified atom stereocenters. The van der Waals surface area contributed by atoms with Crippen LogP contribution in [0.25, 0.3) is 10.9 Å². The maximum absolute atomic E-state index is 13.6. The normalized spacial score (nSPS) is 23.5. The largest absolute Gasteiger partial charge is 0.522 e. The monoisotopic (exact) mass is 604 g/mol. The number of thioether (sulfide) groups is 1. The average Bonchev–Trinajstić information content (AvgIpc) is 3.21. The fourth-order valence-corrected chi connectivity index (χ4v) is 7.50. The number of pyridine rings is 1. The Kier molecular flexibility index (Phi) is 9.10. The van der Waals surface area contributed by atoms with Crippen LogP contribution in [0, 0.1) is 19.8 Å². The summed E-state index contributed by atoms with van der Waals surface area (Å²) in [4.78, 5) is 29.9. The van der Waals surface area contributed by atoms with Crippen molar-refractivity contribution in [3.05, 3.63) is 63.2 Å². The quantitative estimate of drug-likeness (QED) is 0.247. The maximum Gasteiger partial charge on any atom is 0.522 e. The van der Waals surface area contributed by atoms with Crippen LogP contribution in [0.5, 0.6) is 0 Å². The van der Waals surface area contributed by atoms with Gasteiger partial charge in [0.05, 0.1) is 11.7 Å². The molecule has 3 aromatic rings. The first kappa shape index (κ1) is 30.7. The molecule has 2 heterocycles. The van der Waals surface area contributed by atoms with Gasteiger partial charge in [0.15, 0.2) is 0 Å². The molecule has 1 aromatic carbocycles. The minimum absolute atomic E-state index is 0.0792. The molecule has 2 saturated carbocycles. The number of amides is 1. The molecule has 0 aliphatic heterocycles. The van der Waals surface area contributed by atoms with Crippen LogP contribution in [0.3, 0.4) is 0 Å². The highest BCUT2D eigenvalue weighted by atomic mass is 32.2. The molecule has 42 heavy (non-hydrogen) atoms. The van der Waals surface area contributed by atoms with Gasteiger partial charge in [0.2, 0.25) is 0 Å². The first-order valence-corrected chi connectivity index (χ1v) is 15.8. The van der Waals surface area contributed by atoms with Gasteiger partial charge < -0.3 is 20.2 Å². The van der Waals surface area contributed by atoms with E-state index < -0.39 is 12.5 Å². The van der Waals surface area contributed by atoms with E-state index in [0.717, 1.165) is 52.9 Å². The molecule has 1 atom stereocenters. The lowest BCUT2D eigenvalue weighted by molar-refractivity contribution is -0.352. The lowest BCUT2D eigenvalue weighted by atomic mass is 9.80. The molecule has 3 N–H and O–H groups in total. The summed E-state index contributed by atoms with van der Waals surface area (Å²) in [5.41, 5.74) is 3.67. The van der Waals surface area contributed by atoms with Gasteiger partial charge >= 0.3 is 6.36 Å². The third-order valence-corrected chi connectivity index (χ3v) is 9.79. The van der Waals surface area contributed by atoms with Crippen LogP contribution >= 0.6 is 11.8 Å². The van der Waals surface area contributed by atoms with Crippen molar-refractivity contribution in [1.82, 2.24) is 20.2 Å². The highest BCUT2D eigenvalue weighted by Gasteiger charge is 2.41. The molecule has 228 valence electrons. The predicted octanol–water partition coefficient (Wildman–Crippen LogP) is 6.38. The zero-order valence-electron chi connectivity index (χ0n) is 24.4. The van der Waals surface area contributed by atoms with E-state index in [1.807, 2.05) is 44.4 Å². The number of hydrogen-bond acceptors (Lipinski definition) is 5. The van der Waals surface area contributed by atoms with Gasteiger partial charge in [-0.1, -0.05) is 18.2 Å². The van der Waals surface area contributed by atoms with E-state index >= 15 is 0 Å². The van der Waals surface area contributed by atoms with Gasteiger partial charge in [-0.25, -0.2) is 0 Å². The molecule has 0 saturated heterocycles. The summed E-state index contributed by atoms with van der Waals surface area (Å²) in [7, 11) is 0. The number of carbonyl (C=O) groups is 1. The summed E-state index contributed by atoms with van der Waals surface area (Å²) >= 11 is 1.48. The molecule has 2 fully saturated rings. The molecular formula is C31H39F3N4O3S. The van der Waals surface area contributed by atoms with E-state index in [1.54, 1.807) is 0 Å². The van der Waals surface area contributed by atoms with Crippen molar-refractivity contribution in [2.24, 2.45) is 5.92 Å². The van der Waals surface area contributed by atoms with Gasteiger partial charge in [-0.2, -0.15) is 0 Å². The van der Waals surface area contributed by atoms with E-state index in [2.05, 4.69) is 37.9 Å². The van der Waals surface area contributed by atoms with E-state index in [1.165, 1.54) is 11.8 Å². The number of aromatic amines is 1. The maximum atomic E-state index is 13.6. The highest BCUT2D eigenvalue weighted by Crippen LogP contribution is 2.39. The third kappa shape index (κ3) is 6.58. The molecule has 5 rings (SSSR count). The number of aromatic nitrogens is 2. The molecule has 0 bridgehead atoms. The van der Waals surface area contributed by atoms with Crippen LogP contribution in [0.2, 0.25) is 0 Å². The van der Waals surface area contributed by atoms with Crippen molar-refractivity contribution in [3.8, 4) is 0 Å². The zero-order valence-corrected chi connectivity index (χ0v) is 25.3. The number of halogens is 3. The molecule has 2 aliphatic carbocycles. The number of carbonyl (C=O) groups excluding carboxylic acids is 1. The Morgan fingerprint density at radius 3 is 2.50 bits per heavy atom. The second kappa shape index (κ2) is 12.5. The molecule has 7 nitrogen and oxygen atoms in total. The van der Waals surface area contributed by atoms with Gasteiger partial charge in [-0.15, -0.1) is 24.9 Å². The Morgan fingerprint density at radius 1 is 1.14 bits per heavy atom. The fourth-order valence-electron chi connectivity index (χ4n) is 6.79. The van der Waals surface area contributed by atoms with Crippen molar-refractivity contribution in [2.45, 2.75) is 101 Å². The summed E-state index contributed by atoms with van der Waals surface area (Å²) in [5.74, 6) is 0.203. The van der Waals surface area contributed by atoms with Crippen molar-refractivity contribution in [1.29, 1.82) is 0 Å². The number of hydrogen-bond donors (Lipinski definition) is 3. The minimum atomic E-state index is -4.57. The number of rotatable bonds is 9. The summed E-state index contributed by atoms with van der Waals surface area (Å²) in [5, 5.41) is 7.43. The standard InChI is InChI=1S/C31H39F3N4O3S/c1-17-13-27(42-4)25(29(39)36-17)16-35-30(40)28-19(3)38(26-8-6-5-7-24(26)28)18(2)20-9-11-21(12-10-20)37-22-14-23(15-22)41-31(32,33)34/h5-8,13,18,20-23,37H,9-12,14-16H2,1-4H3,(H,35,40)(H,36,39)/t18-,20?,21?,22?,23?/m1/s1. The van der Waals surface area contributed by atoms with E-state index in [4.69, 9.17) is 0 Å². The number of nitrogens with zero attached hydrogens (tertiary/aromatic N) is 1. The lowest BCUT2D eigenvalue weighted by Crippen LogP contribution is -2.51. The van der Waals surface area contributed by atoms with Crippen LogP contribution in [0.1, 0.15) is 78.8 Å². The van der Waals surface area contributed by atoms with Crippen LogP contribution in [-0.4, -0.2) is 46.3 Å². The SMILES string of the molecule is CSc1cc(C)[nH]c(=O)c1CNC(=O)c1c(C)n([C@H](C)C2CCC(NC3CC(OC(F)(F)F)C3)CC2)c2ccccc12. The Bertz CT molecular complexity index is 1490. The van der Waals surface area contributed by atoms with Gasteiger partial charge in [0.1, 0.15) is 0 Å². The molecule has 2 aliphatic rings. The Labute approximate surface area is 248 Å². The first-order chi connectivity index (χ1) is 19.9. The summed E-state index contributed by atoms with van der Waals surface area (Å²) in [6.07, 6.45) is 1.32. The van der Waals surface area contributed by atoms with Crippen LogP contribution in [0.15, 0.2) is 40.0 Å². The Balaban J connectivity index is 1.25. The van der Waals surface area contributed by atoms with E-state index in [-0.39, 0.29) is 30.1 Å². The van der Waals surface area contributed by atoms with E-state index in [9.17, 15) is 22.8 Å². The average molecular weight is 605 g/mol. The highest BCUT2D eigenvalue weighted by molar-refractivity contribution is 7.98. The molecule has 11 heteroatoms. The summed E-state index contributed by atoms with van der Waals surface area (Å²) in [6, 6.07) is 10.4. The van der Waals surface area contributed by atoms with Crippen LogP contribution < -0.4 is 16.2 Å². The topological polar surface area (TPSA) is 88.2 Å². The summed E-state index contributed by atoms with van der Waals surface area (Å²) in [6.45, 7) is 6.18. The van der Waals surface area contributed by atoms with Crippen molar-refractivity contribution >= 4 is 28.6 Å². The third-order valence-electron chi connectivity index (χ3n) is 8.99. The number of para-hydroxylation sites is 1.